The normalized spacial score (nSPS) is 34.0. The summed E-state index contributed by atoms with van der Waals surface area (Å²) in [6.07, 6.45) is 10.2. The van der Waals surface area contributed by atoms with E-state index in [1.807, 2.05) is 0 Å². The monoisotopic (exact) mass is 283 g/mol. The van der Waals surface area contributed by atoms with Crippen molar-refractivity contribution < 1.29 is 9.84 Å². The predicted molar refractivity (Wildman–Crippen MR) is 82.8 cm³/mol. The van der Waals surface area contributed by atoms with Crippen molar-refractivity contribution >= 4 is 0 Å². The smallest absolute Gasteiger partial charge is 0.0897 e. The van der Waals surface area contributed by atoms with Crippen molar-refractivity contribution in [2.75, 3.05) is 13.2 Å². The fourth-order valence-corrected chi connectivity index (χ4v) is 3.70. The molecule has 0 aromatic carbocycles. The van der Waals surface area contributed by atoms with Crippen molar-refractivity contribution in [3.05, 3.63) is 0 Å². The zero-order valence-corrected chi connectivity index (χ0v) is 13.3. The Morgan fingerprint density at radius 2 is 1.80 bits per heavy atom. The third-order valence-corrected chi connectivity index (χ3v) is 5.40. The van der Waals surface area contributed by atoms with Crippen molar-refractivity contribution in [1.29, 1.82) is 0 Å². The Balaban J connectivity index is 1.60. The Morgan fingerprint density at radius 1 is 1.05 bits per heavy atom. The summed E-state index contributed by atoms with van der Waals surface area (Å²) in [5.74, 6) is 1.52. The summed E-state index contributed by atoms with van der Waals surface area (Å²) in [7, 11) is 0. The second-order valence-electron chi connectivity index (χ2n) is 7.03. The molecule has 0 aromatic heterocycles. The highest BCUT2D eigenvalue weighted by Gasteiger charge is 2.27. The molecule has 0 spiro atoms. The van der Waals surface area contributed by atoms with Crippen molar-refractivity contribution in [2.45, 2.75) is 83.5 Å². The van der Waals surface area contributed by atoms with Gasteiger partial charge in [-0.1, -0.05) is 46.0 Å². The van der Waals surface area contributed by atoms with Crippen LogP contribution in [0.1, 0.15) is 65.2 Å². The topological polar surface area (TPSA) is 41.5 Å². The molecule has 2 aliphatic carbocycles. The third kappa shape index (κ3) is 5.01. The Kier molecular flexibility index (Phi) is 6.79. The van der Waals surface area contributed by atoms with Gasteiger partial charge in [0.1, 0.15) is 0 Å². The van der Waals surface area contributed by atoms with Gasteiger partial charge in [-0.3, -0.25) is 0 Å². The third-order valence-electron chi connectivity index (χ3n) is 5.40. The SMILES string of the molecule is CC1CCCC(NCC(O)COC2CCCCC2)C1C. The highest BCUT2D eigenvalue weighted by molar-refractivity contribution is 4.83. The Labute approximate surface area is 124 Å². The molecule has 2 fully saturated rings. The maximum absolute atomic E-state index is 10.1. The van der Waals surface area contributed by atoms with E-state index in [2.05, 4.69) is 19.2 Å². The maximum atomic E-state index is 10.1. The average molecular weight is 283 g/mol. The van der Waals surface area contributed by atoms with E-state index in [0.717, 1.165) is 11.8 Å². The van der Waals surface area contributed by atoms with Gasteiger partial charge in [0, 0.05) is 12.6 Å². The van der Waals surface area contributed by atoms with E-state index in [1.165, 1.54) is 51.4 Å². The van der Waals surface area contributed by atoms with Gasteiger partial charge in [0.05, 0.1) is 18.8 Å². The molecule has 0 bridgehead atoms. The molecule has 118 valence electrons. The van der Waals surface area contributed by atoms with Crippen LogP contribution >= 0.6 is 0 Å². The lowest BCUT2D eigenvalue weighted by Crippen LogP contribution is -2.44. The van der Waals surface area contributed by atoms with Crippen LogP contribution in [-0.4, -0.2) is 36.5 Å². The van der Waals surface area contributed by atoms with Crippen LogP contribution in [0.5, 0.6) is 0 Å². The number of hydrogen-bond donors (Lipinski definition) is 2. The summed E-state index contributed by atoms with van der Waals surface area (Å²) in [5, 5.41) is 13.6. The van der Waals surface area contributed by atoms with Crippen molar-refractivity contribution in [3.8, 4) is 0 Å². The molecular weight excluding hydrogens is 250 g/mol. The minimum absolute atomic E-state index is 0.360. The summed E-state index contributed by atoms with van der Waals surface area (Å²) in [4.78, 5) is 0. The summed E-state index contributed by atoms with van der Waals surface area (Å²) in [6.45, 7) is 5.86. The molecule has 3 nitrogen and oxygen atoms in total. The van der Waals surface area contributed by atoms with E-state index in [4.69, 9.17) is 4.74 Å². The van der Waals surface area contributed by atoms with Gasteiger partial charge >= 0.3 is 0 Å². The average Bonchev–Trinajstić information content (AvgIpc) is 2.48. The van der Waals surface area contributed by atoms with Crippen LogP contribution < -0.4 is 5.32 Å². The molecule has 4 unspecified atom stereocenters. The van der Waals surface area contributed by atoms with Crippen LogP contribution in [0.25, 0.3) is 0 Å². The van der Waals surface area contributed by atoms with Crippen LogP contribution in [0.3, 0.4) is 0 Å². The van der Waals surface area contributed by atoms with Crippen LogP contribution in [0.4, 0.5) is 0 Å². The van der Waals surface area contributed by atoms with Gasteiger partial charge in [-0.25, -0.2) is 0 Å². The first-order valence-corrected chi connectivity index (χ1v) is 8.70. The molecule has 2 saturated carbocycles. The minimum atomic E-state index is -0.360. The van der Waals surface area contributed by atoms with Gasteiger partial charge in [-0.05, 0) is 31.1 Å². The molecule has 3 heteroatoms. The van der Waals surface area contributed by atoms with E-state index in [1.54, 1.807) is 0 Å². The molecule has 0 aliphatic heterocycles. The maximum Gasteiger partial charge on any atom is 0.0897 e. The number of aliphatic hydroxyl groups excluding tert-OH is 1. The van der Waals surface area contributed by atoms with E-state index in [-0.39, 0.29) is 6.10 Å². The highest BCUT2D eigenvalue weighted by atomic mass is 16.5. The lowest BCUT2D eigenvalue weighted by Gasteiger charge is -2.35. The fourth-order valence-electron chi connectivity index (χ4n) is 3.70. The molecule has 2 N–H and O–H groups in total. The van der Waals surface area contributed by atoms with Gasteiger partial charge in [-0.15, -0.1) is 0 Å². The minimum Gasteiger partial charge on any atom is -0.389 e. The van der Waals surface area contributed by atoms with Crippen LogP contribution in [0.2, 0.25) is 0 Å². The highest BCUT2D eigenvalue weighted by Crippen LogP contribution is 2.29. The van der Waals surface area contributed by atoms with Crippen molar-refractivity contribution in [1.82, 2.24) is 5.32 Å². The summed E-state index contributed by atoms with van der Waals surface area (Å²) in [6, 6.07) is 0.572. The predicted octanol–water partition coefficient (Wildman–Crippen LogP) is 3.11. The van der Waals surface area contributed by atoms with Crippen LogP contribution in [0.15, 0.2) is 0 Å². The van der Waals surface area contributed by atoms with Crippen LogP contribution in [-0.2, 0) is 4.74 Å². The molecule has 20 heavy (non-hydrogen) atoms. The Morgan fingerprint density at radius 3 is 2.55 bits per heavy atom. The number of hydrogen-bond acceptors (Lipinski definition) is 3. The summed E-state index contributed by atoms with van der Waals surface area (Å²) in [5.41, 5.74) is 0. The zero-order chi connectivity index (χ0) is 14.4. The van der Waals surface area contributed by atoms with Gasteiger partial charge < -0.3 is 15.2 Å². The molecule has 4 atom stereocenters. The summed E-state index contributed by atoms with van der Waals surface area (Å²) >= 11 is 0. The molecule has 0 aromatic rings. The number of ether oxygens (including phenoxy) is 1. The Bertz CT molecular complexity index is 266. The van der Waals surface area contributed by atoms with E-state index >= 15 is 0 Å². The molecule has 0 radical (unpaired) electrons. The molecule has 0 saturated heterocycles. The second kappa shape index (κ2) is 8.35. The number of rotatable bonds is 6. The Hall–Kier alpha value is -0.120. The number of aliphatic hydroxyl groups is 1. The zero-order valence-electron chi connectivity index (χ0n) is 13.3. The molecule has 0 amide bonds. The van der Waals surface area contributed by atoms with E-state index < -0.39 is 0 Å². The van der Waals surface area contributed by atoms with Gasteiger partial charge in [0.2, 0.25) is 0 Å². The van der Waals surface area contributed by atoms with E-state index in [9.17, 15) is 5.11 Å². The van der Waals surface area contributed by atoms with Gasteiger partial charge in [0.25, 0.3) is 0 Å². The first kappa shape index (κ1) is 16.3. The quantitative estimate of drug-likeness (QED) is 0.787. The molecule has 2 aliphatic rings. The van der Waals surface area contributed by atoms with Crippen molar-refractivity contribution in [2.24, 2.45) is 11.8 Å². The second-order valence-corrected chi connectivity index (χ2v) is 7.03. The standard InChI is InChI=1S/C17H33NO2/c1-13-7-6-10-17(14(13)2)18-11-15(19)12-20-16-8-4-3-5-9-16/h13-19H,3-12H2,1-2H3. The largest absolute Gasteiger partial charge is 0.389 e. The lowest BCUT2D eigenvalue weighted by molar-refractivity contribution is -0.0246. The number of nitrogens with one attached hydrogen (secondary N) is 1. The van der Waals surface area contributed by atoms with E-state index in [0.29, 0.717) is 25.3 Å². The lowest BCUT2D eigenvalue weighted by atomic mass is 9.78. The van der Waals surface area contributed by atoms with Crippen LogP contribution in [0, 0.1) is 11.8 Å². The molecule has 2 rings (SSSR count). The summed E-state index contributed by atoms with van der Waals surface area (Å²) < 4.78 is 5.84. The molecule has 0 heterocycles. The first-order valence-electron chi connectivity index (χ1n) is 8.70. The van der Waals surface area contributed by atoms with Gasteiger partial charge in [-0.2, -0.15) is 0 Å². The van der Waals surface area contributed by atoms with Gasteiger partial charge in [0.15, 0.2) is 0 Å². The first-order chi connectivity index (χ1) is 9.66. The molecular formula is C17H33NO2. The van der Waals surface area contributed by atoms with Crippen molar-refractivity contribution in [3.63, 3.8) is 0 Å². The fraction of sp³-hybridized carbons (Fsp3) is 1.00.